The Kier molecular flexibility index (Phi) is 4.61. The lowest BCUT2D eigenvalue weighted by molar-refractivity contribution is 0.0632. The highest BCUT2D eigenvalue weighted by molar-refractivity contribution is 6.31. The zero-order valence-corrected chi connectivity index (χ0v) is 10.6. The van der Waals surface area contributed by atoms with E-state index in [1.54, 1.807) is 0 Å². The molecule has 1 aromatic rings. The summed E-state index contributed by atoms with van der Waals surface area (Å²) in [5.41, 5.74) is 0.825. The van der Waals surface area contributed by atoms with E-state index in [2.05, 4.69) is 18.9 Å². The molecule has 0 aliphatic carbocycles. The van der Waals surface area contributed by atoms with E-state index in [0.717, 1.165) is 12.1 Å². The van der Waals surface area contributed by atoms with Crippen LogP contribution in [-0.4, -0.2) is 15.9 Å². The molecule has 0 aliphatic rings. The Hall–Kier alpha value is -0.540. The van der Waals surface area contributed by atoms with Gasteiger partial charge in [-0.2, -0.15) is 5.10 Å². The highest BCUT2D eigenvalue weighted by Crippen LogP contribution is 2.19. The third-order valence-electron chi connectivity index (χ3n) is 2.35. The van der Waals surface area contributed by atoms with Crippen LogP contribution in [0.5, 0.6) is 0 Å². The fourth-order valence-corrected chi connectivity index (χ4v) is 1.36. The molecule has 0 aromatic carbocycles. The van der Waals surface area contributed by atoms with Gasteiger partial charge in [0.1, 0.15) is 5.69 Å². The number of hydrogen-bond acceptors (Lipinski definition) is 2. The summed E-state index contributed by atoms with van der Waals surface area (Å²) in [6, 6.07) is 0.385. The summed E-state index contributed by atoms with van der Waals surface area (Å²) in [5, 5.41) is 5.10. The average molecular weight is 231 g/mol. The third kappa shape index (κ3) is 3.50. The number of hydrogen-bond donors (Lipinski definition) is 0. The van der Waals surface area contributed by atoms with Crippen molar-refractivity contribution in [1.29, 1.82) is 0 Å². The molecule has 1 rings (SSSR count). The van der Waals surface area contributed by atoms with Crippen LogP contribution in [0.1, 0.15) is 45.9 Å². The fourth-order valence-electron chi connectivity index (χ4n) is 1.16. The van der Waals surface area contributed by atoms with Crippen molar-refractivity contribution < 1.29 is 4.74 Å². The number of aromatic nitrogens is 2. The van der Waals surface area contributed by atoms with E-state index in [0.29, 0.717) is 17.7 Å². The Morgan fingerprint density at radius 3 is 2.67 bits per heavy atom. The van der Waals surface area contributed by atoms with Gasteiger partial charge < -0.3 is 4.74 Å². The molecule has 0 radical (unpaired) electrons. The minimum absolute atomic E-state index is 0.204. The van der Waals surface area contributed by atoms with Crippen molar-refractivity contribution >= 4 is 11.6 Å². The van der Waals surface area contributed by atoms with Gasteiger partial charge >= 0.3 is 0 Å². The minimum atomic E-state index is 0.204. The largest absolute Gasteiger partial charge is 0.372 e. The molecule has 0 N–H and O–H groups in total. The number of ether oxygens (including phenoxy) is 1. The van der Waals surface area contributed by atoms with Crippen LogP contribution >= 0.6 is 11.6 Å². The highest BCUT2D eigenvalue weighted by Gasteiger charge is 2.10. The van der Waals surface area contributed by atoms with Gasteiger partial charge in [0.05, 0.1) is 17.7 Å². The van der Waals surface area contributed by atoms with E-state index >= 15 is 0 Å². The zero-order valence-electron chi connectivity index (χ0n) is 9.83. The summed E-state index contributed by atoms with van der Waals surface area (Å²) in [7, 11) is 0. The van der Waals surface area contributed by atoms with E-state index < -0.39 is 0 Å². The van der Waals surface area contributed by atoms with Crippen molar-refractivity contribution in [1.82, 2.24) is 9.78 Å². The Bertz CT molecular complexity index is 310. The molecule has 0 bridgehead atoms. The number of halogens is 1. The molecular weight excluding hydrogens is 212 g/mol. The molecule has 0 fully saturated rings. The topological polar surface area (TPSA) is 27.1 Å². The van der Waals surface area contributed by atoms with Crippen LogP contribution < -0.4 is 0 Å². The van der Waals surface area contributed by atoms with Gasteiger partial charge in [-0.1, -0.05) is 18.5 Å². The van der Waals surface area contributed by atoms with Crippen LogP contribution in [0.25, 0.3) is 0 Å². The van der Waals surface area contributed by atoms with E-state index in [9.17, 15) is 0 Å². The SMILES string of the molecule is CC[C@H](C)n1cc(Cl)c(COC(C)C)n1. The van der Waals surface area contributed by atoms with Crippen LogP contribution in [-0.2, 0) is 11.3 Å². The quantitative estimate of drug-likeness (QED) is 0.775. The molecule has 1 aromatic heterocycles. The predicted octanol–water partition coefficient (Wildman–Crippen LogP) is 3.43. The Morgan fingerprint density at radius 1 is 1.47 bits per heavy atom. The first-order valence-electron chi connectivity index (χ1n) is 5.39. The van der Waals surface area contributed by atoms with Crippen LogP contribution in [0.3, 0.4) is 0 Å². The molecule has 0 aliphatic heterocycles. The molecule has 4 heteroatoms. The van der Waals surface area contributed by atoms with Crippen molar-refractivity contribution in [3.8, 4) is 0 Å². The van der Waals surface area contributed by atoms with Gasteiger partial charge in [0.15, 0.2) is 0 Å². The standard InChI is InChI=1S/C11H19ClN2O/c1-5-9(4)14-6-10(12)11(13-14)7-15-8(2)3/h6,8-9H,5,7H2,1-4H3/t9-/m0/s1. The average Bonchev–Trinajstić information content (AvgIpc) is 2.55. The summed E-state index contributed by atoms with van der Waals surface area (Å²) in [4.78, 5) is 0. The molecule has 0 unspecified atom stereocenters. The molecule has 0 saturated heterocycles. The lowest BCUT2D eigenvalue weighted by Crippen LogP contribution is -2.06. The molecule has 3 nitrogen and oxygen atoms in total. The predicted molar refractivity (Wildman–Crippen MR) is 62.2 cm³/mol. The van der Waals surface area contributed by atoms with Crippen molar-refractivity contribution in [2.45, 2.75) is 52.9 Å². The molecule has 0 spiro atoms. The number of nitrogens with zero attached hydrogens (tertiary/aromatic N) is 2. The van der Waals surface area contributed by atoms with E-state index in [1.165, 1.54) is 0 Å². The second kappa shape index (κ2) is 5.52. The van der Waals surface area contributed by atoms with Gasteiger partial charge in [-0.15, -0.1) is 0 Å². The molecule has 1 heterocycles. The second-order valence-corrected chi connectivity index (χ2v) is 4.43. The molecular formula is C11H19ClN2O. The molecule has 86 valence electrons. The van der Waals surface area contributed by atoms with E-state index in [4.69, 9.17) is 16.3 Å². The van der Waals surface area contributed by atoms with Crippen molar-refractivity contribution in [2.24, 2.45) is 0 Å². The van der Waals surface area contributed by atoms with Gasteiger partial charge in [0, 0.05) is 12.2 Å². The first-order chi connectivity index (χ1) is 7.04. The van der Waals surface area contributed by atoms with Crippen molar-refractivity contribution in [3.05, 3.63) is 16.9 Å². The number of rotatable bonds is 5. The summed E-state index contributed by atoms with van der Waals surface area (Å²) in [6.07, 6.45) is 3.12. The van der Waals surface area contributed by atoms with Gasteiger partial charge in [-0.05, 0) is 27.2 Å². The first-order valence-corrected chi connectivity index (χ1v) is 5.77. The zero-order chi connectivity index (χ0) is 11.4. The Morgan fingerprint density at radius 2 is 2.13 bits per heavy atom. The normalized spacial score (nSPS) is 13.5. The second-order valence-electron chi connectivity index (χ2n) is 4.02. The molecule has 0 amide bonds. The Labute approximate surface area is 96.4 Å². The maximum atomic E-state index is 6.07. The van der Waals surface area contributed by atoms with Gasteiger partial charge in [0.25, 0.3) is 0 Å². The van der Waals surface area contributed by atoms with Crippen molar-refractivity contribution in [3.63, 3.8) is 0 Å². The first kappa shape index (κ1) is 12.5. The minimum Gasteiger partial charge on any atom is -0.372 e. The van der Waals surface area contributed by atoms with E-state index in [1.807, 2.05) is 24.7 Å². The van der Waals surface area contributed by atoms with Gasteiger partial charge in [-0.3, -0.25) is 4.68 Å². The van der Waals surface area contributed by atoms with Crippen LogP contribution in [0.4, 0.5) is 0 Å². The molecule has 1 atom stereocenters. The molecule has 0 saturated carbocycles. The smallest absolute Gasteiger partial charge is 0.107 e. The Balaban J connectivity index is 2.68. The summed E-state index contributed by atoms with van der Waals surface area (Å²) >= 11 is 6.07. The van der Waals surface area contributed by atoms with Crippen LogP contribution in [0.15, 0.2) is 6.20 Å². The summed E-state index contributed by atoms with van der Waals surface area (Å²) in [5.74, 6) is 0. The summed E-state index contributed by atoms with van der Waals surface area (Å²) in [6.45, 7) is 8.74. The maximum Gasteiger partial charge on any atom is 0.107 e. The van der Waals surface area contributed by atoms with Gasteiger partial charge in [-0.25, -0.2) is 0 Å². The third-order valence-corrected chi connectivity index (χ3v) is 2.67. The highest BCUT2D eigenvalue weighted by atomic mass is 35.5. The lowest BCUT2D eigenvalue weighted by Gasteiger charge is -2.08. The van der Waals surface area contributed by atoms with Crippen LogP contribution in [0.2, 0.25) is 5.02 Å². The van der Waals surface area contributed by atoms with Crippen LogP contribution in [0, 0.1) is 0 Å². The summed E-state index contributed by atoms with van der Waals surface area (Å²) < 4.78 is 7.38. The monoisotopic (exact) mass is 230 g/mol. The lowest BCUT2D eigenvalue weighted by atomic mass is 10.3. The van der Waals surface area contributed by atoms with Gasteiger partial charge in [0.2, 0.25) is 0 Å². The van der Waals surface area contributed by atoms with E-state index in [-0.39, 0.29) is 6.10 Å². The fraction of sp³-hybridized carbons (Fsp3) is 0.727. The molecule has 15 heavy (non-hydrogen) atoms. The van der Waals surface area contributed by atoms with Crippen molar-refractivity contribution in [2.75, 3.05) is 0 Å². The maximum absolute atomic E-state index is 6.07.